The first-order valence-electron chi connectivity index (χ1n) is 5.98. The highest BCUT2D eigenvalue weighted by Crippen LogP contribution is 2.20. The number of rotatable bonds is 2. The van der Waals surface area contributed by atoms with Crippen molar-refractivity contribution >= 4 is 12.1 Å². The minimum absolute atomic E-state index is 0.206. The van der Waals surface area contributed by atoms with Gasteiger partial charge in [-0.15, -0.1) is 0 Å². The number of ether oxygens (including phenoxy) is 2. The number of likely N-dealkylation sites (tertiary alicyclic amines) is 1. The number of amides is 1. The Morgan fingerprint density at radius 3 is 2.53 bits per heavy atom. The van der Waals surface area contributed by atoms with Gasteiger partial charge in [0.2, 0.25) is 0 Å². The highest BCUT2D eigenvalue weighted by molar-refractivity contribution is 5.75. The maximum Gasteiger partial charge on any atom is 0.410 e. The van der Waals surface area contributed by atoms with Gasteiger partial charge in [0.05, 0.1) is 12.5 Å². The lowest BCUT2D eigenvalue weighted by Crippen LogP contribution is -2.36. The van der Waals surface area contributed by atoms with E-state index in [2.05, 4.69) is 0 Å². The summed E-state index contributed by atoms with van der Waals surface area (Å²) in [6.45, 7) is 8.57. The van der Waals surface area contributed by atoms with Crippen molar-refractivity contribution in [2.24, 2.45) is 5.92 Å². The Hall–Kier alpha value is -1.26. The number of nitrogens with zero attached hydrogens (tertiary/aromatic N) is 1. The molecular weight excluding hydrogens is 222 g/mol. The van der Waals surface area contributed by atoms with Crippen LogP contribution in [-0.4, -0.2) is 42.3 Å². The zero-order valence-corrected chi connectivity index (χ0v) is 11.0. The molecule has 0 N–H and O–H groups in total. The molecule has 1 fully saturated rings. The Balaban J connectivity index is 2.45. The minimum atomic E-state index is -0.501. The van der Waals surface area contributed by atoms with E-state index in [-0.39, 0.29) is 18.0 Å². The van der Waals surface area contributed by atoms with Crippen molar-refractivity contribution in [2.45, 2.75) is 39.7 Å². The van der Waals surface area contributed by atoms with E-state index in [4.69, 9.17) is 9.47 Å². The van der Waals surface area contributed by atoms with Gasteiger partial charge in [-0.3, -0.25) is 4.79 Å². The summed E-state index contributed by atoms with van der Waals surface area (Å²) in [6.07, 6.45) is 0.294. The average molecular weight is 243 g/mol. The molecular formula is C12H21NO4. The number of hydrogen-bond acceptors (Lipinski definition) is 4. The van der Waals surface area contributed by atoms with E-state index >= 15 is 0 Å². The lowest BCUT2D eigenvalue weighted by atomic mass is 10.1. The van der Waals surface area contributed by atoms with Crippen LogP contribution >= 0.6 is 0 Å². The fourth-order valence-corrected chi connectivity index (χ4v) is 1.71. The van der Waals surface area contributed by atoms with Gasteiger partial charge in [0.15, 0.2) is 0 Å². The summed E-state index contributed by atoms with van der Waals surface area (Å²) in [4.78, 5) is 24.8. The average Bonchev–Trinajstić information content (AvgIpc) is 2.63. The Labute approximate surface area is 102 Å². The SMILES string of the molecule is CCOC(=O)[C@H]1CCN(C(=O)OC(C)(C)C)C1. The Morgan fingerprint density at radius 2 is 2.00 bits per heavy atom. The fourth-order valence-electron chi connectivity index (χ4n) is 1.71. The number of hydrogen-bond donors (Lipinski definition) is 0. The third-order valence-electron chi connectivity index (χ3n) is 2.46. The van der Waals surface area contributed by atoms with Crippen LogP contribution in [0.1, 0.15) is 34.1 Å². The molecule has 0 spiro atoms. The van der Waals surface area contributed by atoms with E-state index in [1.54, 1.807) is 11.8 Å². The van der Waals surface area contributed by atoms with Gasteiger partial charge in [0, 0.05) is 13.1 Å². The molecule has 0 radical (unpaired) electrons. The Morgan fingerprint density at radius 1 is 1.35 bits per heavy atom. The second-order valence-corrected chi connectivity index (χ2v) is 5.16. The van der Waals surface area contributed by atoms with Crippen LogP contribution in [0.15, 0.2) is 0 Å². The molecule has 1 amide bonds. The van der Waals surface area contributed by atoms with Crippen LogP contribution < -0.4 is 0 Å². The zero-order chi connectivity index (χ0) is 13.1. The second kappa shape index (κ2) is 5.38. The molecule has 98 valence electrons. The largest absolute Gasteiger partial charge is 0.466 e. The Kier molecular flexibility index (Phi) is 4.37. The van der Waals surface area contributed by atoms with Crippen LogP contribution in [0.25, 0.3) is 0 Å². The molecule has 0 saturated carbocycles. The molecule has 0 aromatic rings. The van der Waals surface area contributed by atoms with Crippen molar-refractivity contribution in [1.29, 1.82) is 0 Å². The van der Waals surface area contributed by atoms with E-state index in [0.29, 0.717) is 26.1 Å². The van der Waals surface area contributed by atoms with E-state index < -0.39 is 5.60 Å². The first-order chi connectivity index (χ1) is 7.83. The minimum Gasteiger partial charge on any atom is -0.466 e. The topological polar surface area (TPSA) is 55.8 Å². The van der Waals surface area contributed by atoms with Gasteiger partial charge in [-0.1, -0.05) is 0 Å². The molecule has 1 atom stereocenters. The van der Waals surface area contributed by atoms with Gasteiger partial charge < -0.3 is 14.4 Å². The van der Waals surface area contributed by atoms with Gasteiger partial charge in [-0.25, -0.2) is 4.79 Å². The van der Waals surface area contributed by atoms with Gasteiger partial charge in [0.1, 0.15) is 5.60 Å². The molecule has 5 nitrogen and oxygen atoms in total. The summed E-state index contributed by atoms with van der Waals surface area (Å²) in [6, 6.07) is 0. The Bertz CT molecular complexity index is 295. The van der Waals surface area contributed by atoms with Crippen molar-refractivity contribution < 1.29 is 19.1 Å². The highest BCUT2D eigenvalue weighted by Gasteiger charge is 2.34. The number of carbonyl (C=O) groups excluding carboxylic acids is 2. The molecule has 0 bridgehead atoms. The molecule has 1 rings (SSSR count). The normalized spacial score (nSPS) is 20.2. The van der Waals surface area contributed by atoms with E-state index in [0.717, 1.165) is 0 Å². The summed E-state index contributed by atoms with van der Waals surface area (Å²) in [5.74, 6) is -0.430. The maximum atomic E-state index is 11.7. The smallest absolute Gasteiger partial charge is 0.410 e. The molecule has 1 heterocycles. The first-order valence-corrected chi connectivity index (χ1v) is 5.98. The van der Waals surface area contributed by atoms with Crippen LogP contribution in [0.4, 0.5) is 4.79 Å². The fraction of sp³-hybridized carbons (Fsp3) is 0.833. The molecule has 0 aromatic carbocycles. The quantitative estimate of drug-likeness (QED) is 0.694. The lowest BCUT2D eigenvalue weighted by molar-refractivity contribution is -0.147. The highest BCUT2D eigenvalue weighted by atomic mass is 16.6. The third kappa shape index (κ3) is 4.24. The second-order valence-electron chi connectivity index (χ2n) is 5.16. The molecule has 0 unspecified atom stereocenters. The molecule has 17 heavy (non-hydrogen) atoms. The number of carbonyl (C=O) groups is 2. The monoisotopic (exact) mass is 243 g/mol. The van der Waals surface area contributed by atoms with E-state index in [9.17, 15) is 9.59 Å². The van der Waals surface area contributed by atoms with Crippen molar-refractivity contribution in [3.8, 4) is 0 Å². The summed E-state index contributed by atoms with van der Waals surface area (Å²) in [5.41, 5.74) is -0.501. The summed E-state index contributed by atoms with van der Waals surface area (Å²) < 4.78 is 10.2. The maximum absolute atomic E-state index is 11.7. The van der Waals surface area contributed by atoms with Crippen LogP contribution in [0.5, 0.6) is 0 Å². The van der Waals surface area contributed by atoms with Gasteiger partial charge in [-0.05, 0) is 34.1 Å². The van der Waals surface area contributed by atoms with Crippen molar-refractivity contribution in [3.63, 3.8) is 0 Å². The number of esters is 1. The van der Waals surface area contributed by atoms with Crippen molar-refractivity contribution in [1.82, 2.24) is 4.90 Å². The van der Waals surface area contributed by atoms with Gasteiger partial charge in [0.25, 0.3) is 0 Å². The van der Waals surface area contributed by atoms with Crippen LogP contribution in [0.2, 0.25) is 0 Å². The molecule has 0 aliphatic carbocycles. The summed E-state index contributed by atoms with van der Waals surface area (Å²) in [7, 11) is 0. The molecule has 1 aliphatic heterocycles. The molecule has 5 heteroatoms. The summed E-state index contributed by atoms with van der Waals surface area (Å²) in [5, 5.41) is 0. The van der Waals surface area contributed by atoms with Crippen molar-refractivity contribution in [2.75, 3.05) is 19.7 Å². The molecule has 0 aromatic heterocycles. The predicted octanol–water partition coefficient (Wildman–Crippen LogP) is 1.81. The van der Waals surface area contributed by atoms with Crippen molar-refractivity contribution in [3.05, 3.63) is 0 Å². The standard InChI is InChI=1S/C12H21NO4/c1-5-16-10(14)9-6-7-13(8-9)11(15)17-12(2,3)4/h9H,5-8H2,1-4H3/t9-/m0/s1. The summed E-state index contributed by atoms with van der Waals surface area (Å²) >= 11 is 0. The van der Waals surface area contributed by atoms with E-state index in [1.807, 2.05) is 20.8 Å². The lowest BCUT2D eigenvalue weighted by Gasteiger charge is -2.24. The van der Waals surface area contributed by atoms with Crippen LogP contribution in [-0.2, 0) is 14.3 Å². The van der Waals surface area contributed by atoms with E-state index in [1.165, 1.54) is 0 Å². The first kappa shape index (κ1) is 13.8. The van der Waals surface area contributed by atoms with Gasteiger partial charge in [-0.2, -0.15) is 0 Å². The predicted molar refractivity (Wildman–Crippen MR) is 62.5 cm³/mol. The molecule has 1 saturated heterocycles. The third-order valence-corrected chi connectivity index (χ3v) is 2.46. The van der Waals surface area contributed by atoms with Gasteiger partial charge >= 0.3 is 12.1 Å². The van der Waals surface area contributed by atoms with Crippen LogP contribution in [0.3, 0.4) is 0 Å². The zero-order valence-electron chi connectivity index (χ0n) is 11.0. The van der Waals surface area contributed by atoms with Crippen LogP contribution in [0, 0.1) is 5.92 Å². The molecule has 1 aliphatic rings.